The second kappa shape index (κ2) is 5.54. The van der Waals surface area contributed by atoms with Gasteiger partial charge in [0, 0.05) is 5.56 Å². The Balaban J connectivity index is 2.22. The number of ketones is 1. The van der Waals surface area contributed by atoms with E-state index in [1.807, 2.05) is 6.92 Å². The molecule has 0 atom stereocenters. The fourth-order valence-electron chi connectivity index (χ4n) is 1.72. The molecule has 2 aromatic carbocycles. The lowest BCUT2D eigenvalue weighted by Gasteiger charge is -2.04. The molecular formula is C15H13FO3S. The van der Waals surface area contributed by atoms with Crippen LogP contribution in [0, 0.1) is 12.7 Å². The van der Waals surface area contributed by atoms with Crippen LogP contribution in [0.15, 0.2) is 53.4 Å². The van der Waals surface area contributed by atoms with Gasteiger partial charge in [-0.2, -0.15) is 0 Å². The lowest BCUT2D eigenvalue weighted by atomic mass is 10.1. The van der Waals surface area contributed by atoms with Gasteiger partial charge in [-0.15, -0.1) is 0 Å². The Morgan fingerprint density at radius 1 is 1.00 bits per heavy atom. The zero-order valence-corrected chi connectivity index (χ0v) is 11.7. The SMILES string of the molecule is Cc1ccc(C(=O)CS(=O)(=O)c2ccc(F)cc2)cc1. The van der Waals surface area contributed by atoms with E-state index < -0.39 is 27.2 Å². The maximum Gasteiger partial charge on any atom is 0.185 e. The van der Waals surface area contributed by atoms with Gasteiger partial charge in [-0.05, 0) is 31.2 Å². The van der Waals surface area contributed by atoms with Gasteiger partial charge in [0.1, 0.15) is 11.6 Å². The third-order valence-electron chi connectivity index (χ3n) is 2.87. The van der Waals surface area contributed by atoms with Gasteiger partial charge in [0.05, 0.1) is 4.90 Å². The van der Waals surface area contributed by atoms with Crippen LogP contribution in [0.4, 0.5) is 4.39 Å². The third kappa shape index (κ3) is 3.30. The quantitative estimate of drug-likeness (QED) is 0.643. The molecule has 0 unspecified atom stereocenters. The summed E-state index contributed by atoms with van der Waals surface area (Å²) in [7, 11) is -3.75. The predicted octanol–water partition coefficient (Wildman–Crippen LogP) is 2.79. The highest BCUT2D eigenvalue weighted by atomic mass is 32.2. The van der Waals surface area contributed by atoms with Crippen LogP contribution < -0.4 is 0 Å². The van der Waals surface area contributed by atoms with Crippen molar-refractivity contribution in [3.05, 3.63) is 65.5 Å². The van der Waals surface area contributed by atoms with Crippen molar-refractivity contribution in [3.63, 3.8) is 0 Å². The van der Waals surface area contributed by atoms with Crippen molar-refractivity contribution in [2.45, 2.75) is 11.8 Å². The molecule has 0 aliphatic rings. The molecule has 5 heteroatoms. The Bertz CT molecular complexity index is 717. The number of carbonyl (C=O) groups is 1. The van der Waals surface area contributed by atoms with E-state index in [1.54, 1.807) is 24.3 Å². The Kier molecular flexibility index (Phi) is 3.99. The zero-order chi connectivity index (χ0) is 14.8. The Labute approximate surface area is 117 Å². The number of aryl methyl sites for hydroxylation is 1. The summed E-state index contributed by atoms with van der Waals surface area (Å²) in [6.45, 7) is 1.88. The summed E-state index contributed by atoms with van der Waals surface area (Å²) in [4.78, 5) is 11.9. The fourth-order valence-corrected chi connectivity index (χ4v) is 2.95. The molecule has 0 spiro atoms. The number of hydrogen-bond acceptors (Lipinski definition) is 3. The van der Waals surface area contributed by atoms with Crippen LogP contribution in [0.2, 0.25) is 0 Å². The van der Waals surface area contributed by atoms with E-state index in [0.29, 0.717) is 5.56 Å². The molecule has 0 heterocycles. The van der Waals surface area contributed by atoms with Gasteiger partial charge in [-0.1, -0.05) is 29.8 Å². The molecule has 104 valence electrons. The highest BCUT2D eigenvalue weighted by Gasteiger charge is 2.20. The molecule has 0 aliphatic heterocycles. The number of Topliss-reactive ketones (excluding diaryl/α,β-unsaturated/α-hetero) is 1. The van der Waals surface area contributed by atoms with Crippen LogP contribution in [0.1, 0.15) is 15.9 Å². The minimum atomic E-state index is -3.75. The number of benzene rings is 2. The van der Waals surface area contributed by atoms with E-state index >= 15 is 0 Å². The molecule has 3 nitrogen and oxygen atoms in total. The third-order valence-corrected chi connectivity index (χ3v) is 4.50. The maximum atomic E-state index is 12.8. The molecule has 0 saturated carbocycles. The van der Waals surface area contributed by atoms with Crippen LogP contribution in [-0.4, -0.2) is 20.0 Å². The van der Waals surface area contributed by atoms with Crippen LogP contribution in [0.3, 0.4) is 0 Å². The average molecular weight is 292 g/mol. The van der Waals surface area contributed by atoms with E-state index in [4.69, 9.17) is 0 Å². The molecule has 2 rings (SSSR count). The monoisotopic (exact) mass is 292 g/mol. The first-order chi connectivity index (χ1) is 9.38. The van der Waals surface area contributed by atoms with Gasteiger partial charge in [0.15, 0.2) is 15.6 Å². The summed E-state index contributed by atoms with van der Waals surface area (Å²) >= 11 is 0. The van der Waals surface area contributed by atoms with Crippen LogP contribution >= 0.6 is 0 Å². The number of sulfone groups is 1. The summed E-state index contributed by atoms with van der Waals surface area (Å²) in [5, 5.41) is 0. The van der Waals surface area contributed by atoms with Crippen molar-refractivity contribution >= 4 is 15.6 Å². The molecule has 0 amide bonds. The first kappa shape index (κ1) is 14.4. The van der Waals surface area contributed by atoms with Crippen LogP contribution in [0.5, 0.6) is 0 Å². The predicted molar refractivity (Wildman–Crippen MR) is 74.0 cm³/mol. The summed E-state index contributed by atoms with van der Waals surface area (Å²) in [5.74, 6) is -1.62. The van der Waals surface area contributed by atoms with Gasteiger partial charge in [-0.25, -0.2) is 12.8 Å². The Morgan fingerprint density at radius 2 is 1.55 bits per heavy atom. The minimum absolute atomic E-state index is 0.0561. The standard InChI is InChI=1S/C15H13FO3S/c1-11-2-4-12(5-3-11)15(17)10-20(18,19)14-8-6-13(16)7-9-14/h2-9H,10H2,1H3. The maximum absolute atomic E-state index is 12.8. The molecular weight excluding hydrogens is 279 g/mol. The van der Waals surface area contributed by atoms with Gasteiger partial charge >= 0.3 is 0 Å². The molecule has 0 aromatic heterocycles. The lowest BCUT2D eigenvalue weighted by molar-refractivity contribution is 0.102. The van der Waals surface area contributed by atoms with Crippen LogP contribution in [-0.2, 0) is 9.84 Å². The average Bonchev–Trinajstić information content (AvgIpc) is 2.39. The highest BCUT2D eigenvalue weighted by molar-refractivity contribution is 7.92. The Hall–Kier alpha value is -2.01. The van der Waals surface area contributed by atoms with Gasteiger partial charge in [0.2, 0.25) is 0 Å². The first-order valence-electron chi connectivity index (χ1n) is 5.97. The zero-order valence-electron chi connectivity index (χ0n) is 10.8. The number of hydrogen-bond donors (Lipinski definition) is 0. The Morgan fingerprint density at radius 3 is 2.10 bits per heavy atom. The van der Waals surface area contributed by atoms with Crippen molar-refractivity contribution in [1.82, 2.24) is 0 Å². The fraction of sp³-hybridized carbons (Fsp3) is 0.133. The van der Waals surface area contributed by atoms with Crippen molar-refractivity contribution in [2.24, 2.45) is 0 Å². The largest absolute Gasteiger partial charge is 0.293 e. The molecule has 0 saturated heterocycles. The summed E-state index contributed by atoms with van der Waals surface area (Å²) in [6, 6.07) is 11.1. The normalized spacial score (nSPS) is 11.3. The van der Waals surface area contributed by atoms with Crippen molar-refractivity contribution in [2.75, 3.05) is 5.75 Å². The molecule has 2 aromatic rings. The molecule has 0 bridgehead atoms. The summed E-state index contributed by atoms with van der Waals surface area (Å²) in [6.07, 6.45) is 0. The van der Waals surface area contributed by atoms with Gasteiger partial charge < -0.3 is 0 Å². The lowest BCUT2D eigenvalue weighted by Crippen LogP contribution is -2.16. The van der Waals surface area contributed by atoms with Crippen molar-refractivity contribution < 1.29 is 17.6 Å². The number of carbonyl (C=O) groups excluding carboxylic acids is 1. The minimum Gasteiger partial charge on any atom is -0.293 e. The van der Waals surface area contributed by atoms with E-state index in [9.17, 15) is 17.6 Å². The first-order valence-corrected chi connectivity index (χ1v) is 7.62. The van der Waals surface area contributed by atoms with Crippen molar-refractivity contribution in [1.29, 1.82) is 0 Å². The van der Waals surface area contributed by atoms with Gasteiger partial charge in [0.25, 0.3) is 0 Å². The van der Waals surface area contributed by atoms with E-state index in [2.05, 4.69) is 0 Å². The smallest absolute Gasteiger partial charge is 0.185 e. The van der Waals surface area contributed by atoms with Crippen LogP contribution in [0.25, 0.3) is 0 Å². The second-order valence-electron chi connectivity index (χ2n) is 4.50. The molecule has 0 N–H and O–H groups in total. The summed E-state index contributed by atoms with van der Waals surface area (Å²) in [5.41, 5.74) is 1.34. The van der Waals surface area contributed by atoms with Crippen molar-refractivity contribution in [3.8, 4) is 0 Å². The summed E-state index contributed by atoms with van der Waals surface area (Å²) < 4.78 is 36.9. The van der Waals surface area contributed by atoms with E-state index in [-0.39, 0.29) is 4.90 Å². The highest BCUT2D eigenvalue weighted by Crippen LogP contribution is 2.14. The van der Waals surface area contributed by atoms with Gasteiger partial charge in [-0.3, -0.25) is 4.79 Å². The molecule has 0 radical (unpaired) electrons. The molecule has 20 heavy (non-hydrogen) atoms. The van der Waals surface area contributed by atoms with E-state index in [1.165, 1.54) is 0 Å². The molecule has 0 fully saturated rings. The number of rotatable bonds is 4. The number of halogens is 1. The molecule has 0 aliphatic carbocycles. The second-order valence-corrected chi connectivity index (χ2v) is 6.49. The topological polar surface area (TPSA) is 51.2 Å². The van der Waals surface area contributed by atoms with E-state index in [0.717, 1.165) is 29.8 Å².